The highest BCUT2D eigenvalue weighted by molar-refractivity contribution is 6.31. The fourth-order valence-corrected chi connectivity index (χ4v) is 2.57. The molecule has 0 aliphatic heterocycles. The molecule has 0 spiro atoms. The van der Waals surface area contributed by atoms with E-state index in [2.05, 4.69) is 25.6 Å². The number of hydrogen-bond donors (Lipinski definition) is 2. The molecule has 2 aromatic heterocycles. The van der Waals surface area contributed by atoms with Gasteiger partial charge in [0.2, 0.25) is 0 Å². The van der Waals surface area contributed by atoms with Crippen LogP contribution in [0.4, 0.5) is 5.82 Å². The lowest BCUT2D eigenvalue weighted by Crippen LogP contribution is -2.25. The Morgan fingerprint density at radius 3 is 2.65 bits per heavy atom. The SMILES string of the molecule is Cc1nc(NCc2ccccc2Cl)cc(C(=O)NCc2ccccn2)n1. The van der Waals surface area contributed by atoms with E-state index in [0.29, 0.717) is 35.4 Å². The highest BCUT2D eigenvalue weighted by atomic mass is 35.5. The van der Waals surface area contributed by atoms with Gasteiger partial charge in [-0.2, -0.15) is 0 Å². The van der Waals surface area contributed by atoms with Crippen LogP contribution in [0.3, 0.4) is 0 Å². The normalized spacial score (nSPS) is 10.4. The summed E-state index contributed by atoms with van der Waals surface area (Å²) < 4.78 is 0. The van der Waals surface area contributed by atoms with E-state index >= 15 is 0 Å². The summed E-state index contributed by atoms with van der Waals surface area (Å²) in [4.78, 5) is 25.1. The third-order valence-corrected chi connectivity index (χ3v) is 4.01. The van der Waals surface area contributed by atoms with E-state index in [1.807, 2.05) is 42.5 Å². The van der Waals surface area contributed by atoms with Crippen LogP contribution in [-0.2, 0) is 13.1 Å². The van der Waals surface area contributed by atoms with Gasteiger partial charge in [0, 0.05) is 23.8 Å². The number of carbonyl (C=O) groups excluding carboxylic acids is 1. The zero-order valence-electron chi connectivity index (χ0n) is 14.2. The van der Waals surface area contributed by atoms with E-state index in [9.17, 15) is 4.79 Å². The molecule has 6 nitrogen and oxygen atoms in total. The van der Waals surface area contributed by atoms with Gasteiger partial charge in [-0.15, -0.1) is 0 Å². The van der Waals surface area contributed by atoms with Crippen molar-refractivity contribution in [1.82, 2.24) is 20.3 Å². The van der Waals surface area contributed by atoms with Gasteiger partial charge in [0.1, 0.15) is 17.3 Å². The first kappa shape index (κ1) is 17.8. The quantitative estimate of drug-likeness (QED) is 0.698. The molecule has 1 amide bonds. The summed E-state index contributed by atoms with van der Waals surface area (Å²) in [5, 5.41) is 6.68. The molecule has 0 atom stereocenters. The molecular formula is C19H18ClN5O. The second-order valence-electron chi connectivity index (χ2n) is 5.63. The maximum absolute atomic E-state index is 12.4. The molecule has 0 fully saturated rings. The van der Waals surface area contributed by atoms with Crippen LogP contribution in [0.15, 0.2) is 54.7 Å². The molecule has 3 rings (SSSR count). The highest BCUT2D eigenvalue weighted by Gasteiger charge is 2.11. The molecule has 0 aliphatic carbocycles. The molecule has 0 radical (unpaired) electrons. The number of rotatable bonds is 6. The standard InChI is InChI=1S/C19H18ClN5O/c1-13-24-17(19(26)23-12-15-7-4-5-9-21-15)10-18(25-13)22-11-14-6-2-3-8-16(14)20/h2-10H,11-12H2,1H3,(H,23,26)(H,22,24,25). The fraction of sp³-hybridized carbons (Fsp3) is 0.158. The van der Waals surface area contributed by atoms with Crippen molar-refractivity contribution in [3.8, 4) is 0 Å². The first-order valence-corrected chi connectivity index (χ1v) is 8.50. The summed E-state index contributed by atoms with van der Waals surface area (Å²) in [6.07, 6.45) is 1.69. The van der Waals surface area contributed by atoms with Gasteiger partial charge in [-0.05, 0) is 30.7 Å². The van der Waals surface area contributed by atoms with Gasteiger partial charge in [-0.3, -0.25) is 9.78 Å². The molecule has 3 aromatic rings. The predicted molar refractivity (Wildman–Crippen MR) is 101 cm³/mol. The smallest absolute Gasteiger partial charge is 0.270 e. The van der Waals surface area contributed by atoms with Crippen LogP contribution in [0.2, 0.25) is 5.02 Å². The minimum Gasteiger partial charge on any atom is -0.366 e. The first-order valence-electron chi connectivity index (χ1n) is 8.13. The van der Waals surface area contributed by atoms with Crippen molar-refractivity contribution in [1.29, 1.82) is 0 Å². The Hall–Kier alpha value is -2.99. The van der Waals surface area contributed by atoms with Crippen LogP contribution >= 0.6 is 11.6 Å². The van der Waals surface area contributed by atoms with Crippen LogP contribution < -0.4 is 10.6 Å². The van der Waals surface area contributed by atoms with Crippen molar-refractivity contribution in [3.63, 3.8) is 0 Å². The number of halogens is 1. The zero-order chi connectivity index (χ0) is 18.4. The minimum atomic E-state index is -0.276. The van der Waals surface area contributed by atoms with Crippen molar-refractivity contribution >= 4 is 23.3 Å². The number of hydrogen-bond acceptors (Lipinski definition) is 5. The molecular weight excluding hydrogens is 350 g/mol. The summed E-state index contributed by atoms with van der Waals surface area (Å²) in [6.45, 7) is 2.59. The molecule has 2 N–H and O–H groups in total. The van der Waals surface area contributed by atoms with Crippen LogP contribution in [-0.4, -0.2) is 20.9 Å². The second kappa shape index (κ2) is 8.40. The second-order valence-corrected chi connectivity index (χ2v) is 6.04. The fourth-order valence-electron chi connectivity index (χ4n) is 2.37. The lowest BCUT2D eigenvalue weighted by Gasteiger charge is -2.10. The Kier molecular flexibility index (Phi) is 5.76. The van der Waals surface area contributed by atoms with Gasteiger partial charge < -0.3 is 10.6 Å². The third kappa shape index (κ3) is 4.77. The van der Waals surface area contributed by atoms with Crippen molar-refractivity contribution < 1.29 is 4.79 Å². The molecule has 0 saturated carbocycles. The summed E-state index contributed by atoms with van der Waals surface area (Å²) in [5.74, 6) is 0.805. The van der Waals surface area contributed by atoms with Crippen molar-refractivity contribution in [3.05, 3.63) is 82.5 Å². The number of amides is 1. The Morgan fingerprint density at radius 1 is 1.08 bits per heavy atom. The topological polar surface area (TPSA) is 79.8 Å². The molecule has 0 bridgehead atoms. The highest BCUT2D eigenvalue weighted by Crippen LogP contribution is 2.16. The molecule has 2 heterocycles. The number of aryl methyl sites for hydroxylation is 1. The van der Waals surface area contributed by atoms with Gasteiger partial charge >= 0.3 is 0 Å². The molecule has 1 aromatic carbocycles. The Bertz CT molecular complexity index is 901. The Morgan fingerprint density at radius 2 is 1.88 bits per heavy atom. The molecule has 0 aliphatic rings. The van der Waals surface area contributed by atoms with E-state index in [4.69, 9.17) is 11.6 Å². The predicted octanol–water partition coefficient (Wildman–Crippen LogP) is 3.38. The first-order chi connectivity index (χ1) is 12.6. The van der Waals surface area contributed by atoms with Gasteiger partial charge in [-0.25, -0.2) is 9.97 Å². The summed E-state index contributed by atoms with van der Waals surface area (Å²) in [6, 6.07) is 14.7. The van der Waals surface area contributed by atoms with Crippen molar-refractivity contribution in [2.75, 3.05) is 5.32 Å². The van der Waals surface area contributed by atoms with Crippen LogP contribution in [0.25, 0.3) is 0 Å². The third-order valence-electron chi connectivity index (χ3n) is 3.64. The van der Waals surface area contributed by atoms with Crippen LogP contribution in [0.5, 0.6) is 0 Å². The molecule has 26 heavy (non-hydrogen) atoms. The number of aromatic nitrogens is 3. The van der Waals surface area contributed by atoms with Gasteiger partial charge in [0.05, 0.1) is 12.2 Å². The number of anilines is 1. The Labute approximate surface area is 156 Å². The zero-order valence-corrected chi connectivity index (χ0v) is 15.0. The van der Waals surface area contributed by atoms with Gasteiger partial charge in [0.25, 0.3) is 5.91 Å². The van der Waals surface area contributed by atoms with E-state index < -0.39 is 0 Å². The van der Waals surface area contributed by atoms with E-state index in [0.717, 1.165) is 11.3 Å². The lowest BCUT2D eigenvalue weighted by atomic mass is 10.2. The Balaban J connectivity index is 1.67. The number of carbonyl (C=O) groups is 1. The molecule has 0 saturated heterocycles. The monoisotopic (exact) mass is 367 g/mol. The van der Waals surface area contributed by atoms with E-state index in [1.54, 1.807) is 19.2 Å². The van der Waals surface area contributed by atoms with E-state index in [1.165, 1.54) is 0 Å². The van der Waals surface area contributed by atoms with Crippen molar-refractivity contribution in [2.45, 2.75) is 20.0 Å². The van der Waals surface area contributed by atoms with Crippen LogP contribution in [0, 0.1) is 6.92 Å². The average Bonchev–Trinajstić information content (AvgIpc) is 2.66. The number of nitrogens with one attached hydrogen (secondary N) is 2. The maximum Gasteiger partial charge on any atom is 0.270 e. The summed E-state index contributed by atoms with van der Waals surface area (Å²) in [5.41, 5.74) is 2.03. The summed E-state index contributed by atoms with van der Waals surface area (Å²) >= 11 is 6.16. The number of pyridine rings is 1. The molecule has 7 heteroatoms. The van der Waals surface area contributed by atoms with Crippen molar-refractivity contribution in [2.24, 2.45) is 0 Å². The number of benzene rings is 1. The van der Waals surface area contributed by atoms with E-state index in [-0.39, 0.29) is 5.91 Å². The van der Waals surface area contributed by atoms with Gasteiger partial charge in [-0.1, -0.05) is 35.9 Å². The minimum absolute atomic E-state index is 0.276. The molecule has 132 valence electrons. The van der Waals surface area contributed by atoms with Gasteiger partial charge in [0.15, 0.2) is 0 Å². The largest absolute Gasteiger partial charge is 0.366 e. The molecule has 0 unspecified atom stereocenters. The maximum atomic E-state index is 12.4. The van der Waals surface area contributed by atoms with Crippen LogP contribution in [0.1, 0.15) is 27.6 Å². The summed E-state index contributed by atoms with van der Waals surface area (Å²) in [7, 11) is 0. The lowest BCUT2D eigenvalue weighted by molar-refractivity contribution is 0.0945. The average molecular weight is 368 g/mol. The number of nitrogens with zero attached hydrogens (tertiary/aromatic N) is 3.